The number of aliphatic hydroxyl groups is 4. The predicted octanol–water partition coefficient (Wildman–Crippen LogP) is 5.06. The van der Waals surface area contributed by atoms with Crippen LogP contribution in [-0.2, 0) is 19.7 Å². The molecule has 0 aliphatic carbocycles. The second-order valence-electron chi connectivity index (χ2n) is 20.7. The summed E-state index contributed by atoms with van der Waals surface area (Å²) in [5.74, 6) is 1.49. The monoisotopic (exact) mass is 1040 g/mol. The summed E-state index contributed by atoms with van der Waals surface area (Å²) in [4.78, 5) is 47.6. The zero-order valence-corrected chi connectivity index (χ0v) is 43.6. The van der Waals surface area contributed by atoms with E-state index in [9.17, 15) is 30.0 Å². The fraction of sp³-hybridized carbons (Fsp3) is 0.472. The molecular formula is C53H68N10O10S. The minimum atomic E-state index is -1.36. The lowest BCUT2D eigenvalue weighted by atomic mass is 9.77. The Hall–Kier alpha value is -6.17. The number of nitrogens with zero attached hydrogens (tertiary/aromatic N) is 7. The van der Waals surface area contributed by atoms with Crippen molar-refractivity contribution in [1.29, 1.82) is 0 Å². The SMILES string of the molecule is COc1ccc(C(Nc2nc(=O)n(C3C[C@H](O)[C@@H](CO)O3)cc2SCCN(CC[C@H](NC(=O)OC(C)(C)C)C(C)(C)C)C[C@H]2O[C@@H](n3cnc4c(N)ncnc43)[C@H](O)[C@@H]2O)(c2ccccc2)c2ccccc2)cc1. The lowest BCUT2D eigenvalue weighted by Crippen LogP contribution is -2.48. The van der Waals surface area contributed by atoms with E-state index in [-0.39, 0.29) is 30.6 Å². The first kappa shape index (κ1) is 54.1. The van der Waals surface area contributed by atoms with Crippen LogP contribution in [0.4, 0.5) is 16.4 Å². The second-order valence-corrected chi connectivity index (χ2v) is 21.9. The first-order chi connectivity index (χ1) is 35.3. The molecule has 2 saturated heterocycles. The molecule has 3 aromatic carbocycles. The van der Waals surface area contributed by atoms with Crippen LogP contribution in [0, 0.1) is 5.41 Å². The smallest absolute Gasteiger partial charge is 0.407 e. The van der Waals surface area contributed by atoms with Gasteiger partial charge in [0.25, 0.3) is 0 Å². The fourth-order valence-corrected chi connectivity index (χ4v) is 10.5. The Bertz CT molecular complexity index is 2840. The fourth-order valence-electron chi connectivity index (χ4n) is 9.50. The number of nitrogens with two attached hydrogens (primary N) is 1. The molecule has 2 aliphatic heterocycles. The molecule has 0 spiro atoms. The van der Waals surface area contributed by atoms with Crippen molar-refractivity contribution >= 4 is 40.7 Å². The van der Waals surface area contributed by atoms with Crippen LogP contribution >= 0.6 is 11.8 Å². The first-order valence-corrected chi connectivity index (χ1v) is 25.7. The number of carbonyl (C=O) groups is 1. The maximum Gasteiger partial charge on any atom is 0.407 e. The van der Waals surface area contributed by atoms with E-state index in [2.05, 4.69) is 30.5 Å². The van der Waals surface area contributed by atoms with Crippen LogP contribution in [0.5, 0.6) is 5.75 Å². The highest BCUT2D eigenvalue weighted by atomic mass is 32.2. The summed E-state index contributed by atoms with van der Waals surface area (Å²) in [5.41, 5.74) is 6.44. The van der Waals surface area contributed by atoms with E-state index in [0.717, 1.165) is 16.7 Å². The number of nitrogens with one attached hydrogen (secondary N) is 2. The highest BCUT2D eigenvalue weighted by Gasteiger charge is 2.45. The van der Waals surface area contributed by atoms with E-state index >= 15 is 0 Å². The van der Waals surface area contributed by atoms with E-state index in [4.69, 9.17) is 29.7 Å². The van der Waals surface area contributed by atoms with Crippen molar-refractivity contribution in [3.05, 3.63) is 131 Å². The molecule has 0 radical (unpaired) electrons. The van der Waals surface area contributed by atoms with Crippen molar-refractivity contribution in [3.63, 3.8) is 0 Å². The molecule has 1 amide bonds. The predicted molar refractivity (Wildman–Crippen MR) is 280 cm³/mol. The molecular weight excluding hydrogens is 969 g/mol. The van der Waals surface area contributed by atoms with Gasteiger partial charge in [-0.1, -0.05) is 93.6 Å². The first-order valence-electron chi connectivity index (χ1n) is 24.7. The number of imidazole rings is 1. The molecule has 396 valence electrons. The molecule has 8 rings (SSSR count). The van der Waals surface area contributed by atoms with E-state index in [1.807, 2.05) is 126 Å². The van der Waals surface area contributed by atoms with Gasteiger partial charge in [-0.05, 0) is 61.4 Å². The Labute approximate surface area is 434 Å². The second kappa shape index (κ2) is 22.7. The van der Waals surface area contributed by atoms with Crippen LogP contribution in [-0.4, -0.2) is 142 Å². The summed E-state index contributed by atoms with van der Waals surface area (Å²) < 4.78 is 26.6. The number of hydrogen-bond donors (Lipinski definition) is 7. The largest absolute Gasteiger partial charge is 0.497 e. The number of alkyl carbamates (subject to hydrolysis) is 1. The van der Waals surface area contributed by atoms with Gasteiger partial charge in [0.05, 0.1) is 31.0 Å². The molecule has 6 aromatic rings. The van der Waals surface area contributed by atoms with Crippen LogP contribution in [0.2, 0.25) is 0 Å². The van der Waals surface area contributed by atoms with Crippen LogP contribution in [0.25, 0.3) is 11.2 Å². The van der Waals surface area contributed by atoms with Crippen molar-refractivity contribution in [2.45, 2.75) is 119 Å². The maximum atomic E-state index is 14.3. The molecule has 21 heteroatoms. The van der Waals surface area contributed by atoms with Crippen molar-refractivity contribution < 1.29 is 44.2 Å². The van der Waals surface area contributed by atoms with Gasteiger partial charge in [-0.2, -0.15) is 4.98 Å². The third-order valence-corrected chi connectivity index (χ3v) is 14.4. The van der Waals surface area contributed by atoms with Crippen LogP contribution in [0.3, 0.4) is 0 Å². The number of fused-ring (bicyclic) bond motifs is 1. The van der Waals surface area contributed by atoms with Crippen molar-refractivity contribution in [3.8, 4) is 5.75 Å². The minimum Gasteiger partial charge on any atom is -0.497 e. The van der Waals surface area contributed by atoms with Crippen molar-refractivity contribution in [2.75, 3.05) is 50.2 Å². The highest BCUT2D eigenvalue weighted by molar-refractivity contribution is 7.99. The number of methoxy groups -OCH3 is 1. The molecule has 1 unspecified atom stereocenters. The molecule has 74 heavy (non-hydrogen) atoms. The Morgan fingerprint density at radius 3 is 2.15 bits per heavy atom. The lowest BCUT2D eigenvalue weighted by molar-refractivity contribution is -0.0460. The van der Waals surface area contributed by atoms with Crippen molar-refractivity contribution in [1.82, 2.24) is 39.3 Å². The number of ether oxygens (including phenoxy) is 4. The summed E-state index contributed by atoms with van der Waals surface area (Å²) in [6.45, 7) is 12.0. The number of amides is 1. The van der Waals surface area contributed by atoms with Gasteiger partial charge in [-0.3, -0.25) is 14.0 Å². The molecule has 8 atom stereocenters. The number of nitrogen functional groups attached to an aromatic ring is 1. The van der Waals surface area contributed by atoms with Gasteiger partial charge in [-0.15, -0.1) is 11.8 Å². The third kappa shape index (κ3) is 12.0. The molecule has 5 heterocycles. The van der Waals surface area contributed by atoms with Gasteiger partial charge in [0.2, 0.25) is 0 Å². The molecule has 0 bridgehead atoms. The topological polar surface area (TPSA) is 267 Å². The van der Waals surface area contributed by atoms with Gasteiger partial charge in [0.15, 0.2) is 17.7 Å². The molecule has 3 aromatic heterocycles. The Morgan fingerprint density at radius 2 is 1.54 bits per heavy atom. The summed E-state index contributed by atoms with van der Waals surface area (Å²) >= 11 is 1.42. The number of aliphatic hydroxyl groups excluding tert-OH is 4. The van der Waals surface area contributed by atoms with Gasteiger partial charge < -0.3 is 55.7 Å². The Balaban J connectivity index is 1.15. The molecule has 2 fully saturated rings. The summed E-state index contributed by atoms with van der Waals surface area (Å²) in [5, 5.41) is 50.8. The molecule has 2 aliphatic rings. The van der Waals surface area contributed by atoms with Crippen LogP contribution < -0.4 is 26.8 Å². The Kier molecular flexibility index (Phi) is 16.6. The number of aromatic nitrogens is 6. The zero-order valence-electron chi connectivity index (χ0n) is 42.7. The lowest BCUT2D eigenvalue weighted by Gasteiger charge is -2.38. The van der Waals surface area contributed by atoms with Gasteiger partial charge in [0, 0.05) is 44.0 Å². The van der Waals surface area contributed by atoms with E-state index < -0.39 is 77.9 Å². The third-order valence-electron chi connectivity index (χ3n) is 13.4. The van der Waals surface area contributed by atoms with E-state index in [1.54, 1.807) is 13.3 Å². The van der Waals surface area contributed by atoms with Crippen LogP contribution in [0.1, 0.15) is 83.5 Å². The average Bonchev–Trinajstić information content (AvgIpc) is 4.06. The number of hydrogen-bond acceptors (Lipinski definition) is 18. The maximum absolute atomic E-state index is 14.3. The molecule has 0 saturated carbocycles. The number of anilines is 2. The van der Waals surface area contributed by atoms with Gasteiger partial charge in [0.1, 0.15) is 65.2 Å². The quantitative estimate of drug-likeness (QED) is 0.0413. The average molecular weight is 1040 g/mol. The summed E-state index contributed by atoms with van der Waals surface area (Å²) in [7, 11) is 1.61. The molecule has 8 N–H and O–H groups in total. The minimum absolute atomic E-state index is 0.0549. The van der Waals surface area contributed by atoms with Crippen molar-refractivity contribution in [2.24, 2.45) is 5.41 Å². The van der Waals surface area contributed by atoms with E-state index in [1.165, 1.54) is 33.6 Å². The van der Waals surface area contributed by atoms with Gasteiger partial charge >= 0.3 is 11.8 Å². The van der Waals surface area contributed by atoms with Gasteiger partial charge in [-0.25, -0.2) is 24.5 Å². The van der Waals surface area contributed by atoms with E-state index in [0.29, 0.717) is 47.1 Å². The van der Waals surface area contributed by atoms with Crippen LogP contribution in [0.15, 0.2) is 113 Å². The number of carbonyl (C=O) groups excluding carboxylic acids is 1. The standard InChI is InChI=1S/C53H68N10O10S/c1-51(2,3)40(58-50(69)73-52(4,5)6)22-23-61(27-37-43(66)44(67)48(72-37)63-31-57-42-45(54)55-30-56-47(42)63)24-25-74-39-28-62(41-26-36(65)38(29-64)71-41)49(68)59-46(39)60-53(32-14-10-8-11-15-32,33-16-12-9-13-17-33)34-18-20-35(70-7)21-19-34/h8-21,28,30-31,36-38,40-41,43-44,48,64-67H,22-27,29H2,1-7H3,(H,58,69)(H2,54,55,56)(H,59,60,68)/t36-,37+,38+,40-,41?,43+,44+,48+/m0/s1. The normalized spacial score (nSPS) is 21.8. The molecule has 20 nitrogen and oxygen atoms in total. The zero-order chi connectivity index (χ0) is 53.0. The summed E-state index contributed by atoms with van der Waals surface area (Å²) in [6, 6.07) is 27.1. The highest BCUT2D eigenvalue weighted by Crippen LogP contribution is 2.43. The number of thioether (sulfide) groups is 1. The number of rotatable bonds is 19. The summed E-state index contributed by atoms with van der Waals surface area (Å²) in [6.07, 6.45) is -3.03. The Morgan fingerprint density at radius 1 is 0.878 bits per heavy atom. The number of benzene rings is 3.